The molecule has 6 heteroatoms. The number of hydrogen-bond acceptors (Lipinski definition) is 4. The third-order valence-corrected chi connectivity index (χ3v) is 3.90. The number of nitrogens with two attached hydrogens (primary N) is 1. The van der Waals surface area contributed by atoms with E-state index in [4.69, 9.17) is 5.73 Å². The summed E-state index contributed by atoms with van der Waals surface area (Å²) in [5.41, 5.74) is 6.65. The van der Waals surface area contributed by atoms with Crippen LogP contribution in [0.2, 0.25) is 0 Å². The molecule has 1 fully saturated rings. The summed E-state index contributed by atoms with van der Waals surface area (Å²) in [5, 5.41) is 5.92. The molecule has 0 bridgehead atoms. The molecule has 2 aliphatic rings. The highest BCUT2D eigenvalue weighted by Gasteiger charge is 2.36. The van der Waals surface area contributed by atoms with Gasteiger partial charge >= 0.3 is 0 Å². The van der Waals surface area contributed by atoms with Gasteiger partial charge in [0.15, 0.2) is 0 Å². The maximum absolute atomic E-state index is 12.4. The van der Waals surface area contributed by atoms with Crippen molar-refractivity contribution in [1.82, 2.24) is 4.90 Å². The van der Waals surface area contributed by atoms with Gasteiger partial charge in [-0.1, -0.05) is 18.2 Å². The van der Waals surface area contributed by atoms with Gasteiger partial charge < -0.3 is 10.6 Å². The van der Waals surface area contributed by atoms with Crippen LogP contribution in [0.25, 0.3) is 0 Å². The van der Waals surface area contributed by atoms with E-state index in [2.05, 4.69) is 5.10 Å². The molecule has 110 valence electrons. The number of carbonyl (C=O) groups excluding carboxylic acids is 2. The number of anilines is 1. The van der Waals surface area contributed by atoms with E-state index < -0.39 is 11.9 Å². The van der Waals surface area contributed by atoms with E-state index in [9.17, 15) is 9.59 Å². The molecule has 3 rings (SSSR count). The summed E-state index contributed by atoms with van der Waals surface area (Å²) in [7, 11) is 0. The largest absolute Gasteiger partial charge is 0.368 e. The smallest absolute Gasteiger partial charge is 0.270 e. The van der Waals surface area contributed by atoms with Crippen LogP contribution in [0.4, 0.5) is 5.69 Å². The summed E-state index contributed by atoms with van der Waals surface area (Å²) < 4.78 is 0. The lowest BCUT2D eigenvalue weighted by molar-refractivity contribution is -0.123. The monoisotopic (exact) mass is 286 g/mol. The Morgan fingerprint density at radius 1 is 1.14 bits per heavy atom. The lowest BCUT2D eigenvalue weighted by Crippen LogP contribution is -2.40. The van der Waals surface area contributed by atoms with Crippen LogP contribution in [-0.2, 0) is 9.59 Å². The fourth-order valence-corrected chi connectivity index (χ4v) is 2.78. The average Bonchev–Trinajstić information content (AvgIpc) is 3.17. The number of rotatable bonds is 3. The number of benzene rings is 1. The van der Waals surface area contributed by atoms with Crippen molar-refractivity contribution in [2.75, 3.05) is 18.1 Å². The summed E-state index contributed by atoms with van der Waals surface area (Å²) in [5.74, 6) is -0.538. The molecule has 1 saturated heterocycles. The van der Waals surface area contributed by atoms with Crippen LogP contribution in [0.1, 0.15) is 19.3 Å². The maximum atomic E-state index is 12.4. The minimum atomic E-state index is -0.589. The molecule has 0 spiro atoms. The molecule has 2 N–H and O–H groups in total. The van der Waals surface area contributed by atoms with E-state index in [1.54, 1.807) is 9.91 Å². The Kier molecular flexibility index (Phi) is 3.60. The molecule has 0 radical (unpaired) electrons. The first-order valence-electron chi connectivity index (χ1n) is 7.17. The van der Waals surface area contributed by atoms with Crippen LogP contribution in [0, 0.1) is 0 Å². The number of primary amides is 1. The molecule has 2 aliphatic heterocycles. The van der Waals surface area contributed by atoms with Crippen LogP contribution < -0.4 is 10.7 Å². The van der Waals surface area contributed by atoms with E-state index in [1.807, 2.05) is 30.3 Å². The Labute approximate surface area is 123 Å². The third kappa shape index (κ3) is 2.61. The first-order chi connectivity index (χ1) is 10.2. The first-order valence-corrected chi connectivity index (χ1v) is 7.17. The first kappa shape index (κ1) is 13.6. The van der Waals surface area contributed by atoms with Gasteiger partial charge in [-0.25, -0.2) is 0 Å². The second-order valence-corrected chi connectivity index (χ2v) is 5.35. The summed E-state index contributed by atoms with van der Waals surface area (Å²) in [6.45, 7) is 1.54. The molecule has 1 unspecified atom stereocenters. The zero-order valence-corrected chi connectivity index (χ0v) is 11.7. The Balaban J connectivity index is 1.86. The van der Waals surface area contributed by atoms with Crippen molar-refractivity contribution in [3.63, 3.8) is 0 Å². The van der Waals surface area contributed by atoms with Gasteiger partial charge in [0.2, 0.25) is 5.91 Å². The number of hydrazone groups is 1. The molecule has 6 nitrogen and oxygen atoms in total. The Morgan fingerprint density at radius 3 is 2.43 bits per heavy atom. The number of amides is 2. The molecule has 1 aromatic carbocycles. The number of nitrogens with zero attached hydrogens (tertiary/aromatic N) is 3. The van der Waals surface area contributed by atoms with Crippen molar-refractivity contribution in [1.29, 1.82) is 0 Å². The van der Waals surface area contributed by atoms with Crippen LogP contribution in [0.3, 0.4) is 0 Å². The zero-order valence-electron chi connectivity index (χ0n) is 11.7. The minimum absolute atomic E-state index is 0.0721. The average molecular weight is 286 g/mol. The molecular weight excluding hydrogens is 268 g/mol. The van der Waals surface area contributed by atoms with Crippen molar-refractivity contribution in [3.8, 4) is 0 Å². The lowest BCUT2D eigenvalue weighted by Gasteiger charge is -2.20. The van der Waals surface area contributed by atoms with Crippen molar-refractivity contribution in [3.05, 3.63) is 30.3 Å². The molecule has 0 saturated carbocycles. The SMILES string of the molecule is NC(=O)C1CC(C(=O)N2CCCC2)=NN1c1ccccc1. The molecule has 2 heterocycles. The van der Waals surface area contributed by atoms with Gasteiger partial charge in [-0.2, -0.15) is 5.10 Å². The van der Waals surface area contributed by atoms with Crippen molar-refractivity contribution in [2.24, 2.45) is 10.8 Å². The van der Waals surface area contributed by atoms with Gasteiger partial charge in [0.05, 0.1) is 5.69 Å². The second kappa shape index (κ2) is 5.55. The van der Waals surface area contributed by atoms with Crippen molar-refractivity contribution in [2.45, 2.75) is 25.3 Å². The Bertz CT molecular complexity index is 579. The number of likely N-dealkylation sites (tertiary alicyclic amines) is 1. The summed E-state index contributed by atoms with van der Waals surface area (Å²) in [4.78, 5) is 25.9. The molecule has 0 aliphatic carbocycles. The summed E-state index contributed by atoms with van der Waals surface area (Å²) in [6, 6.07) is 8.73. The Morgan fingerprint density at radius 2 is 1.81 bits per heavy atom. The predicted molar refractivity (Wildman–Crippen MR) is 79.8 cm³/mol. The Hall–Kier alpha value is -2.37. The minimum Gasteiger partial charge on any atom is -0.368 e. The second-order valence-electron chi connectivity index (χ2n) is 5.35. The van der Waals surface area contributed by atoms with Gasteiger partial charge in [0.1, 0.15) is 11.8 Å². The zero-order chi connectivity index (χ0) is 14.8. The van der Waals surface area contributed by atoms with Crippen LogP contribution >= 0.6 is 0 Å². The highest BCUT2D eigenvalue weighted by molar-refractivity contribution is 6.40. The topological polar surface area (TPSA) is 79.0 Å². The molecule has 1 aromatic rings. The number of hydrogen-bond donors (Lipinski definition) is 1. The van der Waals surface area contributed by atoms with E-state index in [1.165, 1.54) is 0 Å². The molecule has 2 amide bonds. The number of carbonyl (C=O) groups is 2. The molecular formula is C15H18N4O2. The van der Waals surface area contributed by atoms with Gasteiger partial charge in [-0.15, -0.1) is 0 Å². The van der Waals surface area contributed by atoms with E-state index >= 15 is 0 Å². The fraction of sp³-hybridized carbons (Fsp3) is 0.400. The van der Waals surface area contributed by atoms with Crippen molar-refractivity contribution >= 4 is 23.2 Å². The van der Waals surface area contributed by atoms with Gasteiger partial charge in [-0.05, 0) is 25.0 Å². The van der Waals surface area contributed by atoms with Gasteiger partial charge in [0.25, 0.3) is 5.91 Å². The molecule has 21 heavy (non-hydrogen) atoms. The maximum Gasteiger partial charge on any atom is 0.270 e. The van der Waals surface area contributed by atoms with E-state index in [-0.39, 0.29) is 12.3 Å². The predicted octanol–water partition coefficient (Wildman–Crippen LogP) is 0.729. The lowest BCUT2D eigenvalue weighted by atomic mass is 10.1. The van der Waals surface area contributed by atoms with E-state index in [0.29, 0.717) is 5.71 Å². The van der Waals surface area contributed by atoms with Crippen LogP contribution in [0.5, 0.6) is 0 Å². The van der Waals surface area contributed by atoms with Crippen molar-refractivity contribution < 1.29 is 9.59 Å². The third-order valence-electron chi connectivity index (χ3n) is 3.90. The fourth-order valence-electron chi connectivity index (χ4n) is 2.78. The van der Waals surface area contributed by atoms with Crippen LogP contribution in [-0.4, -0.2) is 41.6 Å². The number of para-hydroxylation sites is 1. The molecule has 0 aromatic heterocycles. The highest BCUT2D eigenvalue weighted by Crippen LogP contribution is 2.25. The van der Waals surface area contributed by atoms with Gasteiger partial charge in [-0.3, -0.25) is 14.6 Å². The quantitative estimate of drug-likeness (QED) is 0.889. The standard InChI is InChI=1S/C15H18N4O2/c16-14(20)13-10-12(15(21)18-8-4-5-9-18)17-19(13)11-6-2-1-3-7-11/h1-3,6-7,13H,4-5,8-10H2,(H2,16,20). The van der Waals surface area contributed by atoms with Gasteiger partial charge in [0, 0.05) is 19.5 Å². The highest BCUT2D eigenvalue weighted by atomic mass is 16.2. The summed E-state index contributed by atoms with van der Waals surface area (Å²) >= 11 is 0. The van der Waals surface area contributed by atoms with E-state index in [0.717, 1.165) is 31.6 Å². The van der Waals surface area contributed by atoms with Crippen LogP contribution in [0.15, 0.2) is 35.4 Å². The normalized spacial score (nSPS) is 21.5. The molecule has 1 atom stereocenters. The summed E-state index contributed by atoms with van der Waals surface area (Å²) in [6.07, 6.45) is 2.33.